The molecule has 1 aromatic heterocycles. The van der Waals surface area contributed by atoms with Crippen LogP contribution in [0.25, 0.3) is 0 Å². The number of hydrogen-bond donors (Lipinski definition) is 2. The summed E-state index contributed by atoms with van der Waals surface area (Å²) >= 11 is 1.11. The van der Waals surface area contributed by atoms with E-state index in [0.717, 1.165) is 11.3 Å². The van der Waals surface area contributed by atoms with Crippen molar-refractivity contribution >= 4 is 27.0 Å². The third-order valence-corrected chi connectivity index (χ3v) is 6.39. The van der Waals surface area contributed by atoms with E-state index < -0.39 is 15.6 Å². The summed E-state index contributed by atoms with van der Waals surface area (Å²) in [6, 6.07) is 1.45. The van der Waals surface area contributed by atoms with Gasteiger partial charge in [-0.25, -0.2) is 8.42 Å². The second-order valence-electron chi connectivity index (χ2n) is 4.73. The highest BCUT2D eigenvalue weighted by molar-refractivity contribution is 7.91. The Kier molecular flexibility index (Phi) is 2.97. The van der Waals surface area contributed by atoms with E-state index in [1.54, 1.807) is 5.38 Å². The number of anilines is 1. The number of rotatable bonds is 3. The lowest BCUT2D eigenvalue weighted by Gasteiger charge is -2.47. The summed E-state index contributed by atoms with van der Waals surface area (Å²) in [5, 5.41) is 11.6. The summed E-state index contributed by atoms with van der Waals surface area (Å²) < 4.78 is 25.7. The van der Waals surface area contributed by atoms with Crippen molar-refractivity contribution in [1.82, 2.24) is 4.31 Å². The van der Waals surface area contributed by atoms with E-state index in [-0.39, 0.29) is 23.2 Å². The van der Waals surface area contributed by atoms with Crippen molar-refractivity contribution in [2.24, 2.45) is 5.92 Å². The van der Waals surface area contributed by atoms with Crippen LogP contribution >= 0.6 is 11.3 Å². The fourth-order valence-corrected chi connectivity index (χ4v) is 4.49. The molecule has 0 saturated carbocycles. The average Bonchev–Trinajstić information content (AvgIpc) is 2.60. The molecule has 0 unspecified atom stereocenters. The molecule has 0 aliphatic carbocycles. The van der Waals surface area contributed by atoms with Gasteiger partial charge in [0, 0.05) is 24.2 Å². The van der Waals surface area contributed by atoms with E-state index in [2.05, 4.69) is 0 Å². The Morgan fingerprint density at radius 2 is 2.12 bits per heavy atom. The Morgan fingerprint density at radius 1 is 1.53 bits per heavy atom. The number of nitrogen functional groups attached to an aromatic ring is 1. The van der Waals surface area contributed by atoms with Crippen molar-refractivity contribution in [3.63, 3.8) is 0 Å². The molecule has 5 nitrogen and oxygen atoms in total. The standard InChI is InChI=1S/C10H16N2O3S2/c1-7(2)10(13)5-12(6-10)17(14,15)9-3-8(11)4-16-9/h3-4,7,13H,5-6,11H2,1-2H3. The van der Waals surface area contributed by atoms with Gasteiger partial charge in [-0.2, -0.15) is 4.31 Å². The molecule has 96 valence electrons. The highest BCUT2D eigenvalue weighted by Crippen LogP contribution is 2.35. The predicted molar refractivity (Wildman–Crippen MR) is 67.3 cm³/mol. The number of sulfonamides is 1. The van der Waals surface area contributed by atoms with E-state index in [1.165, 1.54) is 10.4 Å². The van der Waals surface area contributed by atoms with Gasteiger partial charge < -0.3 is 10.8 Å². The quantitative estimate of drug-likeness (QED) is 0.852. The summed E-state index contributed by atoms with van der Waals surface area (Å²) in [4.78, 5) is 0. The van der Waals surface area contributed by atoms with Gasteiger partial charge in [-0.1, -0.05) is 13.8 Å². The van der Waals surface area contributed by atoms with E-state index in [9.17, 15) is 13.5 Å². The van der Waals surface area contributed by atoms with Gasteiger partial charge in [0.1, 0.15) is 4.21 Å². The van der Waals surface area contributed by atoms with Gasteiger partial charge in [-0.3, -0.25) is 0 Å². The summed E-state index contributed by atoms with van der Waals surface area (Å²) in [5.41, 5.74) is 5.07. The van der Waals surface area contributed by atoms with Crippen molar-refractivity contribution in [3.8, 4) is 0 Å². The summed E-state index contributed by atoms with van der Waals surface area (Å²) in [6.07, 6.45) is 0. The minimum absolute atomic E-state index is 0.0438. The van der Waals surface area contributed by atoms with Crippen LogP contribution < -0.4 is 5.73 Å². The van der Waals surface area contributed by atoms with Crippen LogP contribution in [-0.4, -0.2) is 36.5 Å². The van der Waals surface area contributed by atoms with Crippen molar-refractivity contribution < 1.29 is 13.5 Å². The van der Waals surface area contributed by atoms with Crippen LogP contribution in [0.1, 0.15) is 13.8 Å². The van der Waals surface area contributed by atoms with Gasteiger partial charge in [0.15, 0.2) is 0 Å². The topological polar surface area (TPSA) is 83.6 Å². The molecule has 1 aliphatic heterocycles. The average molecular weight is 276 g/mol. The normalized spacial score (nSPS) is 20.5. The molecular weight excluding hydrogens is 260 g/mol. The Bertz CT molecular complexity index is 515. The first-order valence-electron chi connectivity index (χ1n) is 5.32. The van der Waals surface area contributed by atoms with Gasteiger partial charge in [0.05, 0.1) is 5.60 Å². The summed E-state index contributed by atoms with van der Waals surface area (Å²) in [5.74, 6) is 0.0438. The third kappa shape index (κ3) is 2.08. The molecule has 2 rings (SSSR count). The maximum absolute atomic E-state index is 12.1. The highest BCUT2D eigenvalue weighted by atomic mass is 32.2. The van der Waals surface area contributed by atoms with E-state index in [4.69, 9.17) is 5.73 Å². The molecule has 17 heavy (non-hydrogen) atoms. The molecule has 1 aliphatic rings. The lowest BCUT2D eigenvalue weighted by Crippen LogP contribution is -2.65. The SMILES string of the molecule is CC(C)C1(O)CN(S(=O)(=O)c2cc(N)cs2)C1. The van der Waals surface area contributed by atoms with Crippen molar-refractivity contribution in [1.29, 1.82) is 0 Å². The maximum Gasteiger partial charge on any atom is 0.252 e. The smallest absolute Gasteiger partial charge is 0.252 e. The fraction of sp³-hybridized carbons (Fsp3) is 0.600. The first-order valence-corrected chi connectivity index (χ1v) is 7.64. The van der Waals surface area contributed by atoms with Crippen LogP contribution in [-0.2, 0) is 10.0 Å². The second-order valence-corrected chi connectivity index (χ2v) is 7.81. The van der Waals surface area contributed by atoms with Crippen LogP contribution in [0.15, 0.2) is 15.7 Å². The van der Waals surface area contributed by atoms with Crippen LogP contribution in [0, 0.1) is 5.92 Å². The highest BCUT2D eigenvalue weighted by Gasteiger charge is 2.49. The third-order valence-electron chi connectivity index (χ3n) is 3.16. The van der Waals surface area contributed by atoms with Gasteiger partial charge in [0.2, 0.25) is 0 Å². The molecule has 0 amide bonds. The predicted octanol–water partition coefficient (Wildman–Crippen LogP) is 0.722. The number of nitrogens with two attached hydrogens (primary N) is 1. The molecule has 0 bridgehead atoms. The zero-order valence-electron chi connectivity index (χ0n) is 9.75. The van der Waals surface area contributed by atoms with Crippen LogP contribution in [0.4, 0.5) is 5.69 Å². The molecule has 1 aromatic rings. The van der Waals surface area contributed by atoms with Gasteiger partial charge in [-0.05, 0) is 12.0 Å². The Hall–Kier alpha value is -0.630. The lowest BCUT2D eigenvalue weighted by molar-refractivity contribution is -0.0931. The summed E-state index contributed by atoms with van der Waals surface area (Å²) in [6.45, 7) is 4.08. The number of β-amino-alcohol motifs (C(OH)–C–C–N with tert-alkyl or cyclic N) is 1. The second kappa shape index (κ2) is 3.94. The molecule has 0 aromatic carbocycles. The largest absolute Gasteiger partial charge is 0.398 e. The molecular formula is C10H16N2O3S2. The molecule has 3 N–H and O–H groups in total. The molecule has 0 atom stereocenters. The number of aliphatic hydroxyl groups is 1. The molecule has 0 spiro atoms. The number of thiophene rings is 1. The van der Waals surface area contributed by atoms with Crippen molar-refractivity contribution in [3.05, 3.63) is 11.4 Å². The fourth-order valence-electron chi connectivity index (χ4n) is 1.69. The minimum atomic E-state index is -3.47. The molecule has 1 saturated heterocycles. The first-order chi connectivity index (χ1) is 7.75. The van der Waals surface area contributed by atoms with Crippen molar-refractivity contribution in [2.45, 2.75) is 23.7 Å². The summed E-state index contributed by atoms with van der Waals surface area (Å²) in [7, 11) is -3.47. The van der Waals surface area contributed by atoms with E-state index in [0.29, 0.717) is 5.69 Å². The lowest BCUT2D eigenvalue weighted by atomic mass is 9.85. The van der Waals surface area contributed by atoms with Crippen LogP contribution in [0.2, 0.25) is 0 Å². The first kappa shape index (κ1) is 12.8. The Labute approximate surface area is 105 Å². The molecule has 0 radical (unpaired) electrons. The monoisotopic (exact) mass is 276 g/mol. The maximum atomic E-state index is 12.1. The van der Waals surface area contributed by atoms with Crippen LogP contribution in [0.5, 0.6) is 0 Å². The van der Waals surface area contributed by atoms with E-state index in [1.807, 2.05) is 13.8 Å². The van der Waals surface area contributed by atoms with Gasteiger partial charge in [0.25, 0.3) is 10.0 Å². The van der Waals surface area contributed by atoms with Crippen LogP contribution in [0.3, 0.4) is 0 Å². The molecule has 1 fully saturated rings. The number of nitrogens with zero attached hydrogens (tertiary/aromatic N) is 1. The van der Waals surface area contributed by atoms with E-state index >= 15 is 0 Å². The Balaban J connectivity index is 2.16. The molecule has 2 heterocycles. The Morgan fingerprint density at radius 3 is 2.53 bits per heavy atom. The zero-order chi connectivity index (χ0) is 12.8. The number of hydrogen-bond acceptors (Lipinski definition) is 5. The molecule has 7 heteroatoms. The zero-order valence-corrected chi connectivity index (χ0v) is 11.4. The van der Waals surface area contributed by atoms with Crippen molar-refractivity contribution in [2.75, 3.05) is 18.8 Å². The van der Waals surface area contributed by atoms with Gasteiger partial charge in [-0.15, -0.1) is 11.3 Å². The van der Waals surface area contributed by atoms with Gasteiger partial charge >= 0.3 is 0 Å². The minimum Gasteiger partial charge on any atom is -0.398 e.